The molecule has 0 bridgehead atoms. The molecule has 0 radical (unpaired) electrons. The van der Waals surface area contributed by atoms with Crippen molar-refractivity contribution in [3.05, 3.63) is 83.9 Å². The van der Waals surface area contributed by atoms with Crippen LogP contribution in [-0.2, 0) is 21.1 Å². The molecule has 1 aliphatic rings. The van der Waals surface area contributed by atoms with Crippen molar-refractivity contribution in [1.82, 2.24) is 4.90 Å². The Hall–Kier alpha value is -2.97. The first-order valence-corrected chi connectivity index (χ1v) is 11.5. The lowest BCUT2D eigenvalue weighted by atomic mass is 10.1. The van der Waals surface area contributed by atoms with E-state index < -0.39 is 15.7 Å². The number of hydrogen-bond acceptors (Lipinski definition) is 5. The highest BCUT2D eigenvalue weighted by atomic mass is 32.2. The summed E-state index contributed by atoms with van der Waals surface area (Å²) >= 11 is 0. The second-order valence-corrected chi connectivity index (χ2v) is 9.26. The zero-order chi connectivity index (χ0) is 21.8. The lowest BCUT2D eigenvalue weighted by Crippen LogP contribution is -2.36. The van der Waals surface area contributed by atoms with Crippen molar-refractivity contribution in [2.24, 2.45) is 0 Å². The van der Waals surface area contributed by atoms with Gasteiger partial charge in [-0.1, -0.05) is 30.3 Å². The van der Waals surface area contributed by atoms with Crippen molar-refractivity contribution in [3.63, 3.8) is 0 Å². The van der Waals surface area contributed by atoms with Crippen molar-refractivity contribution in [3.8, 4) is 0 Å². The van der Waals surface area contributed by atoms with Gasteiger partial charge >= 0.3 is 0 Å². The minimum atomic E-state index is -3.87. The minimum Gasteiger partial charge on any atom is -0.439 e. The Bertz CT molecular complexity index is 1140. The van der Waals surface area contributed by atoms with Gasteiger partial charge in [-0.05, 0) is 54.8 Å². The van der Waals surface area contributed by atoms with E-state index in [1.807, 2.05) is 0 Å². The van der Waals surface area contributed by atoms with E-state index in [1.54, 1.807) is 35.2 Å². The summed E-state index contributed by atoms with van der Waals surface area (Å²) in [5.41, 5.74) is 0.747. The number of hydrogen-bond donors (Lipinski definition) is 0. The standard InChI is InChI=1S/C23H22FNO5S/c24-18-10-8-17(9-11-18)15-25(16-19-5-4-14-29-19)23(26)21-12-13-22(30-21)31(27,28)20-6-2-1-3-7-20/h1-3,6-13,19H,4-5,14-16H2. The van der Waals surface area contributed by atoms with Crippen LogP contribution in [0.15, 0.2) is 81.1 Å². The molecule has 1 fully saturated rings. The van der Waals surface area contributed by atoms with Crippen molar-refractivity contribution in [2.45, 2.75) is 35.5 Å². The molecule has 1 amide bonds. The number of nitrogens with zero attached hydrogens (tertiary/aromatic N) is 1. The summed E-state index contributed by atoms with van der Waals surface area (Å²) in [4.78, 5) is 14.8. The highest BCUT2D eigenvalue weighted by Crippen LogP contribution is 2.24. The number of halogens is 1. The number of amides is 1. The molecule has 2 heterocycles. The average Bonchev–Trinajstić information content (AvgIpc) is 3.47. The van der Waals surface area contributed by atoms with Gasteiger partial charge in [0.15, 0.2) is 5.76 Å². The van der Waals surface area contributed by atoms with Crippen LogP contribution in [0, 0.1) is 5.82 Å². The first kappa shape index (κ1) is 21.3. The molecule has 0 aliphatic carbocycles. The predicted molar refractivity (Wildman–Crippen MR) is 111 cm³/mol. The Morgan fingerprint density at radius 1 is 1.03 bits per heavy atom. The Kier molecular flexibility index (Phi) is 6.20. The molecule has 31 heavy (non-hydrogen) atoms. The molecule has 1 aliphatic heterocycles. The van der Waals surface area contributed by atoms with E-state index in [1.165, 1.54) is 36.4 Å². The fraction of sp³-hybridized carbons (Fsp3) is 0.261. The van der Waals surface area contributed by atoms with Crippen LogP contribution in [0.3, 0.4) is 0 Å². The summed E-state index contributed by atoms with van der Waals surface area (Å²) in [6, 6.07) is 16.4. The van der Waals surface area contributed by atoms with Gasteiger partial charge in [-0.25, -0.2) is 12.8 Å². The normalized spacial score (nSPS) is 16.4. The Morgan fingerprint density at radius 3 is 2.45 bits per heavy atom. The number of carbonyl (C=O) groups is 1. The van der Waals surface area contributed by atoms with Gasteiger partial charge in [-0.2, -0.15) is 0 Å². The summed E-state index contributed by atoms with van der Waals surface area (Å²) in [5.74, 6) is -0.883. The fourth-order valence-corrected chi connectivity index (χ4v) is 4.71. The number of ether oxygens (including phenoxy) is 1. The fourth-order valence-electron chi connectivity index (χ4n) is 3.51. The number of furan rings is 1. The first-order chi connectivity index (χ1) is 14.9. The van der Waals surface area contributed by atoms with Gasteiger partial charge in [-0.3, -0.25) is 4.79 Å². The van der Waals surface area contributed by atoms with Crippen molar-refractivity contribution in [2.75, 3.05) is 13.2 Å². The van der Waals surface area contributed by atoms with E-state index in [9.17, 15) is 17.6 Å². The van der Waals surface area contributed by atoms with Crippen molar-refractivity contribution >= 4 is 15.7 Å². The van der Waals surface area contributed by atoms with E-state index in [-0.39, 0.29) is 34.2 Å². The summed E-state index contributed by atoms with van der Waals surface area (Å²) in [5, 5.41) is -0.291. The van der Waals surface area contributed by atoms with Gasteiger partial charge in [0, 0.05) is 19.7 Å². The van der Waals surface area contributed by atoms with Gasteiger partial charge in [0.05, 0.1) is 11.0 Å². The SMILES string of the molecule is O=C(c1ccc(S(=O)(=O)c2ccccc2)o1)N(Cc1ccc(F)cc1)CC1CCCO1. The molecule has 1 saturated heterocycles. The average molecular weight is 443 g/mol. The van der Waals surface area contributed by atoms with Crippen molar-refractivity contribution < 1.29 is 26.8 Å². The zero-order valence-corrected chi connectivity index (χ0v) is 17.6. The monoisotopic (exact) mass is 443 g/mol. The molecule has 6 nitrogen and oxygen atoms in total. The second-order valence-electron chi connectivity index (χ2n) is 7.38. The van der Waals surface area contributed by atoms with Gasteiger partial charge in [0.25, 0.3) is 5.91 Å². The summed E-state index contributed by atoms with van der Waals surface area (Å²) in [7, 11) is -3.87. The molecule has 1 atom stereocenters. The molecule has 8 heteroatoms. The highest BCUT2D eigenvalue weighted by Gasteiger charge is 2.28. The van der Waals surface area contributed by atoms with Crippen LogP contribution >= 0.6 is 0 Å². The van der Waals surface area contributed by atoms with Crippen LogP contribution in [0.25, 0.3) is 0 Å². The molecule has 1 aromatic heterocycles. The summed E-state index contributed by atoms with van der Waals surface area (Å²) in [6.07, 6.45) is 1.65. The van der Waals surface area contributed by atoms with Crippen LogP contribution in [-0.4, -0.2) is 38.5 Å². The summed E-state index contributed by atoms with van der Waals surface area (Å²) < 4.78 is 49.9. The molecule has 2 aromatic carbocycles. The molecule has 0 spiro atoms. The summed E-state index contributed by atoms with van der Waals surface area (Å²) in [6.45, 7) is 1.20. The quantitative estimate of drug-likeness (QED) is 0.550. The van der Waals surface area contributed by atoms with Gasteiger partial charge < -0.3 is 14.1 Å². The lowest BCUT2D eigenvalue weighted by Gasteiger charge is -2.24. The van der Waals surface area contributed by atoms with Gasteiger partial charge in [0.2, 0.25) is 14.9 Å². The highest BCUT2D eigenvalue weighted by molar-refractivity contribution is 7.91. The second kappa shape index (κ2) is 9.03. The number of sulfone groups is 1. The first-order valence-electron chi connectivity index (χ1n) is 9.99. The van der Waals surface area contributed by atoms with E-state index in [2.05, 4.69) is 0 Å². The molecular weight excluding hydrogens is 421 g/mol. The van der Waals surface area contributed by atoms with Crippen molar-refractivity contribution in [1.29, 1.82) is 0 Å². The maximum absolute atomic E-state index is 13.3. The minimum absolute atomic E-state index is 0.0744. The van der Waals surface area contributed by atoms with E-state index in [4.69, 9.17) is 9.15 Å². The van der Waals surface area contributed by atoms with Crippen LogP contribution in [0.2, 0.25) is 0 Å². The molecule has 3 aromatic rings. The molecule has 1 unspecified atom stereocenters. The van der Waals surface area contributed by atoms with E-state index in [0.29, 0.717) is 13.2 Å². The maximum atomic E-state index is 13.3. The molecule has 162 valence electrons. The van der Waals surface area contributed by atoms with Gasteiger partial charge in [-0.15, -0.1) is 0 Å². The number of rotatable bonds is 7. The molecular formula is C23H22FNO5S. The number of carbonyl (C=O) groups excluding carboxylic acids is 1. The van der Waals surface area contributed by atoms with Gasteiger partial charge in [0.1, 0.15) is 5.82 Å². The third-order valence-corrected chi connectivity index (χ3v) is 6.77. The molecule has 0 N–H and O–H groups in total. The number of benzene rings is 2. The molecule has 4 rings (SSSR count). The Labute approximate surface area is 180 Å². The smallest absolute Gasteiger partial charge is 0.290 e. The van der Waals surface area contributed by atoms with E-state index >= 15 is 0 Å². The third-order valence-electron chi connectivity index (χ3n) is 5.13. The topological polar surface area (TPSA) is 76.8 Å². The third kappa shape index (κ3) is 4.86. The zero-order valence-electron chi connectivity index (χ0n) is 16.7. The van der Waals surface area contributed by atoms with Crippen LogP contribution in [0.4, 0.5) is 4.39 Å². The predicted octanol–water partition coefficient (Wildman–Crippen LogP) is 4.07. The Balaban J connectivity index is 1.58. The molecule has 0 saturated carbocycles. The van der Waals surface area contributed by atoms with Crippen LogP contribution in [0.1, 0.15) is 29.0 Å². The maximum Gasteiger partial charge on any atom is 0.290 e. The van der Waals surface area contributed by atoms with Crippen LogP contribution in [0.5, 0.6) is 0 Å². The largest absolute Gasteiger partial charge is 0.439 e. The van der Waals surface area contributed by atoms with E-state index in [0.717, 1.165) is 18.4 Å². The van der Waals surface area contributed by atoms with Crippen LogP contribution < -0.4 is 0 Å². The lowest BCUT2D eigenvalue weighted by molar-refractivity contribution is 0.0480. The Morgan fingerprint density at radius 2 is 1.77 bits per heavy atom.